The van der Waals surface area contributed by atoms with E-state index in [0.717, 1.165) is 31.5 Å². The fourth-order valence-corrected chi connectivity index (χ4v) is 2.02. The predicted molar refractivity (Wildman–Crippen MR) is 83.9 cm³/mol. The number of aryl methyl sites for hydroxylation is 1. The highest BCUT2D eigenvalue weighted by atomic mass is 19.1. The van der Waals surface area contributed by atoms with Gasteiger partial charge in [-0.1, -0.05) is 12.1 Å². The molecule has 0 aliphatic carbocycles. The zero-order chi connectivity index (χ0) is 15.6. The number of halogens is 1. The molecule has 118 valence electrons. The van der Waals surface area contributed by atoms with Crippen LogP contribution in [0.25, 0.3) is 0 Å². The van der Waals surface area contributed by atoms with E-state index in [1.54, 1.807) is 25.8 Å². The van der Waals surface area contributed by atoms with Crippen LogP contribution in [0.5, 0.6) is 0 Å². The Labute approximate surface area is 129 Å². The molecule has 0 amide bonds. The number of nitrogens with zero attached hydrogens (tertiary/aromatic N) is 4. The molecule has 2 N–H and O–H groups in total. The highest BCUT2D eigenvalue weighted by molar-refractivity contribution is 5.79. The Morgan fingerprint density at radius 1 is 1.23 bits per heavy atom. The minimum atomic E-state index is -0.226. The fourth-order valence-electron chi connectivity index (χ4n) is 2.02. The van der Waals surface area contributed by atoms with Crippen LogP contribution in [0.4, 0.5) is 4.39 Å². The molecular formula is C15H21FN6. The number of hydrogen-bond donors (Lipinski definition) is 2. The quantitative estimate of drug-likeness (QED) is 0.463. The van der Waals surface area contributed by atoms with E-state index in [4.69, 9.17) is 0 Å². The minimum Gasteiger partial charge on any atom is -0.356 e. The molecule has 1 aromatic carbocycles. The summed E-state index contributed by atoms with van der Waals surface area (Å²) in [5.41, 5.74) is 0.885. The predicted octanol–water partition coefficient (Wildman–Crippen LogP) is 1.56. The van der Waals surface area contributed by atoms with Gasteiger partial charge in [0, 0.05) is 26.7 Å². The molecule has 2 aromatic rings. The molecule has 0 saturated carbocycles. The number of hydrogen-bond acceptors (Lipinski definition) is 3. The Balaban J connectivity index is 1.63. The van der Waals surface area contributed by atoms with Gasteiger partial charge in [-0.25, -0.2) is 4.39 Å². The van der Waals surface area contributed by atoms with Crippen molar-refractivity contribution in [2.24, 2.45) is 4.99 Å². The molecule has 0 saturated heterocycles. The summed E-state index contributed by atoms with van der Waals surface area (Å²) in [6.07, 6.45) is 5.48. The van der Waals surface area contributed by atoms with E-state index in [2.05, 4.69) is 25.8 Å². The van der Waals surface area contributed by atoms with Gasteiger partial charge in [-0.3, -0.25) is 4.99 Å². The zero-order valence-corrected chi connectivity index (χ0v) is 12.7. The van der Waals surface area contributed by atoms with Crippen LogP contribution >= 0.6 is 0 Å². The van der Waals surface area contributed by atoms with Crippen LogP contribution in [0.2, 0.25) is 0 Å². The molecule has 1 aromatic heterocycles. The van der Waals surface area contributed by atoms with Crippen molar-refractivity contribution in [3.05, 3.63) is 48.3 Å². The van der Waals surface area contributed by atoms with Gasteiger partial charge in [-0.2, -0.15) is 0 Å². The van der Waals surface area contributed by atoms with Gasteiger partial charge in [-0.05, 0) is 30.5 Å². The molecular weight excluding hydrogens is 283 g/mol. The van der Waals surface area contributed by atoms with Crippen molar-refractivity contribution in [1.29, 1.82) is 0 Å². The summed E-state index contributed by atoms with van der Waals surface area (Å²) in [6, 6.07) is 6.53. The lowest BCUT2D eigenvalue weighted by Gasteiger charge is -2.12. The molecule has 0 fully saturated rings. The van der Waals surface area contributed by atoms with E-state index in [-0.39, 0.29) is 5.82 Å². The van der Waals surface area contributed by atoms with Crippen LogP contribution in [0, 0.1) is 5.82 Å². The van der Waals surface area contributed by atoms with Gasteiger partial charge >= 0.3 is 0 Å². The molecule has 0 atom stereocenters. The second kappa shape index (κ2) is 8.76. The van der Waals surface area contributed by atoms with E-state index in [0.29, 0.717) is 12.5 Å². The SMILES string of the molecule is CN=C(NCCCCn1cnnc1)NCc1cccc(F)c1. The van der Waals surface area contributed by atoms with Crippen LogP contribution < -0.4 is 10.6 Å². The Morgan fingerprint density at radius 2 is 2.05 bits per heavy atom. The number of nitrogens with one attached hydrogen (secondary N) is 2. The molecule has 0 aliphatic heterocycles. The van der Waals surface area contributed by atoms with Crippen molar-refractivity contribution in [2.45, 2.75) is 25.9 Å². The van der Waals surface area contributed by atoms with Crippen LogP contribution in [-0.2, 0) is 13.1 Å². The summed E-state index contributed by atoms with van der Waals surface area (Å²) in [4.78, 5) is 4.15. The van der Waals surface area contributed by atoms with Crippen LogP contribution in [-0.4, -0.2) is 34.3 Å². The lowest BCUT2D eigenvalue weighted by molar-refractivity contribution is 0.597. The first-order chi connectivity index (χ1) is 10.8. The highest BCUT2D eigenvalue weighted by Gasteiger charge is 1.99. The number of guanidine groups is 1. The van der Waals surface area contributed by atoms with Crippen molar-refractivity contribution in [2.75, 3.05) is 13.6 Å². The number of benzene rings is 1. The summed E-state index contributed by atoms with van der Waals surface area (Å²) >= 11 is 0. The highest BCUT2D eigenvalue weighted by Crippen LogP contribution is 2.02. The third kappa shape index (κ3) is 5.51. The van der Waals surface area contributed by atoms with Crippen molar-refractivity contribution in [1.82, 2.24) is 25.4 Å². The topological polar surface area (TPSA) is 67.1 Å². The van der Waals surface area contributed by atoms with Gasteiger partial charge in [0.25, 0.3) is 0 Å². The standard InChI is InChI=1S/C15H21FN6/c1-17-15(19-10-13-5-4-6-14(16)9-13)18-7-2-3-8-22-11-20-21-12-22/h4-6,9,11-12H,2-3,7-8,10H2,1H3,(H2,17,18,19). The maximum Gasteiger partial charge on any atom is 0.191 e. The summed E-state index contributed by atoms with van der Waals surface area (Å²) in [5.74, 6) is 0.491. The summed E-state index contributed by atoms with van der Waals surface area (Å²) in [5, 5.41) is 13.9. The van der Waals surface area contributed by atoms with Crippen molar-refractivity contribution in [3.8, 4) is 0 Å². The van der Waals surface area contributed by atoms with Gasteiger partial charge in [0.15, 0.2) is 5.96 Å². The van der Waals surface area contributed by atoms with Crippen molar-refractivity contribution in [3.63, 3.8) is 0 Å². The summed E-state index contributed by atoms with van der Waals surface area (Å²) in [7, 11) is 1.72. The first-order valence-corrected chi connectivity index (χ1v) is 7.29. The molecule has 7 heteroatoms. The van der Waals surface area contributed by atoms with Gasteiger partial charge in [0.1, 0.15) is 18.5 Å². The molecule has 2 rings (SSSR count). The van der Waals surface area contributed by atoms with E-state index >= 15 is 0 Å². The third-order valence-electron chi connectivity index (χ3n) is 3.17. The first-order valence-electron chi connectivity index (χ1n) is 7.29. The van der Waals surface area contributed by atoms with E-state index in [1.165, 1.54) is 12.1 Å². The Hall–Kier alpha value is -2.44. The largest absolute Gasteiger partial charge is 0.356 e. The molecule has 0 aliphatic rings. The maximum atomic E-state index is 13.1. The molecule has 1 heterocycles. The van der Waals surface area contributed by atoms with Gasteiger partial charge in [-0.15, -0.1) is 10.2 Å². The zero-order valence-electron chi connectivity index (χ0n) is 12.7. The van der Waals surface area contributed by atoms with Crippen LogP contribution in [0.15, 0.2) is 41.9 Å². The number of aliphatic imine (C=N–C) groups is 1. The molecule has 0 spiro atoms. The van der Waals surface area contributed by atoms with E-state index in [1.807, 2.05) is 10.6 Å². The van der Waals surface area contributed by atoms with Crippen LogP contribution in [0.1, 0.15) is 18.4 Å². The lowest BCUT2D eigenvalue weighted by atomic mass is 10.2. The lowest BCUT2D eigenvalue weighted by Crippen LogP contribution is -2.37. The minimum absolute atomic E-state index is 0.226. The normalized spacial score (nSPS) is 11.5. The average Bonchev–Trinajstić information content (AvgIpc) is 3.03. The summed E-state index contributed by atoms with van der Waals surface area (Å²) < 4.78 is 15.0. The Bertz CT molecular complexity index is 581. The molecule has 6 nitrogen and oxygen atoms in total. The van der Waals surface area contributed by atoms with Gasteiger partial charge in [0.2, 0.25) is 0 Å². The van der Waals surface area contributed by atoms with E-state index in [9.17, 15) is 4.39 Å². The third-order valence-corrected chi connectivity index (χ3v) is 3.17. The van der Waals surface area contributed by atoms with E-state index < -0.39 is 0 Å². The molecule has 22 heavy (non-hydrogen) atoms. The van der Waals surface area contributed by atoms with Crippen LogP contribution in [0.3, 0.4) is 0 Å². The van der Waals surface area contributed by atoms with Gasteiger partial charge in [0.05, 0.1) is 0 Å². The maximum absolute atomic E-state index is 13.1. The monoisotopic (exact) mass is 304 g/mol. The van der Waals surface area contributed by atoms with Crippen molar-refractivity contribution < 1.29 is 4.39 Å². The average molecular weight is 304 g/mol. The smallest absolute Gasteiger partial charge is 0.191 e. The second-order valence-corrected chi connectivity index (χ2v) is 4.89. The fraction of sp³-hybridized carbons (Fsp3) is 0.400. The number of rotatable bonds is 7. The first kappa shape index (κ1) is 15.9. The Morgan fingerprint density at radius 3 is 2.77 bits per heavy atom. The molecule has 0 radical (unpaired) electrons. The molecule has 0 bridgehead atoms. The summed E-state index contributed by atoms with van der Waals surface area (Å²) in [6.45, 7) is 2.27. The second-order valence-electron chi connectivity index (χ2n) is 4.89. The number of unbranched alkanes of at least 4 members (excludes halogenated alkanes) is 1. The Kier molecular flexibility index (Phi) is 6.35. The van der Waals surface area contributed by atoms with Gasteiger partial charge < -0.3 is 15.2 Å². The van der Waals surface area contributed by atoms with Crippen molar-refractivity contribution >= 4 is 5.96 Å². The number of aromatic nitrogens is 3. The molecule has 0 unspecified atom stereocenters.